The lowest BCUT2D eigenvalue weighted by Crippen LogP contribution is -2.27. The lowest BCUT2D eigenvalue weighted by atomic mass is 10.1. The van der Waals surface area contributed by atoms with Crippen LogP contribution in [0.25, 0.3) is 0 Å². The average molecular weight is 210 g/mol. The minimum Gasteiger partial charge on any atom is -0.315 e. The van der Waals surface area contributed by atoms with Gasteiger partial charge in [-0.05, 0) is 26.3 Å². The number of carbonyl (C=O) groups is 1. The first kappa shape index (κ1) is 10.1. The van der Waals surface area contributed by atoms with E-state index in [1.807, 2.05) is 0 Å². The highest BCUT2D eigenvalue weighted by Crippen LogP contribution is 2.10. The van der Waals surface area contributed by atoms with Crippen LogP contribution in [0.4, 0.5) is 6.01 Å². The molecule has 0 bridgehead atoms. The lowest BCUT2D eigenvalue weighted by Gasteiger charge is -2.07. The molecule has 15 heavy (non-hydrogen) atoms. The normalized spacial score (nSPS) is 20.5. The van der Waals surface area contributed by atoms with Crippen LogP contribution in [0, 0.1) is 6.92 Å². The second-order valence-corrected chi connectivity index (χ2v) is 3.69. The first-order valence-corrected chi connectivity index (χ1v) is 5.07. The number of anilines is 1. The molecule has 0 radical (unpaired) electrons. The predicted octanol–water partition coefficient (Wildman–Crippen LogP) is 0.459. The van der Waals surface area contributed by atoms with Crippen LogP contribution < -0.4 is 10.6 Å². The van der Waals surface area contributed by atoms with Gasteiger partial charge < -0.3 is 9.84 Å². The molecule has 6 nitrogen and oxygen atoms in total. The van der Waals surface area contributed by atoms with Crippen molar-refractivity contribution in [2.75, 3.05) is 11.9 Å². The summed E-state index contributed by atoms with van der Waals surface area (Å²) in [5.41, 5.74) is 0. The maximum absolute atomic E-state index is 11.5. The number of nitrogens with zero attached hydrogens (tertiary/aromatic N) is 2. The van der Waals surface area contributed by atoms with Crippen molar-refractivity contribution < 1.29 is 9.32 Å². The predicted molar refractivity (Wildman–Crippen MR) is 53.3 cm³/mol. The number of hydrogen-bond acceptors (Lipinski definition) is 5. The molecule has 1 fully saturated rings. The number of aromatic nitrogens is 2. The van der Waals surface area contributed by atoms with Gasteiger partial charge in [-0.2, -0.15) is 4.98 Å². The Labute approximate surface area is 87.4 Å². The molecular formula is C9H14N4O2. The Kier molecular flexibility index (Phi) is 2.96. The van der Waals surface area contributed by atoms with Gasteiger partial charge in [-0.25, -0.2) is 0 Å². The third-order valence-electron chi connectivity index (χ3n) is 2.37. The zero-order valence-electron chi connectivity index (χ0n) is 8.62. The van der Waals surface area contributed by atoms with Crippen molar-refractivity contribution in [3.05, 3.63) is 5.82 Å². The molecule has 1 atom stereocenters. The summed E-state index contributed by atoms with van der Waals surface area (Å²) in [6, 6.07) is 0.463. The Morgan fingerprint density at radius 3 is 3.20 bits per heavy atom. The molecule has 82 valence electrons. The number of amides is 1. The third kappa shape index (κ3) is 2.76. The molecule has 1 aliphatic rings. The molecule has 6 heteroatoms. The summed E-state index contributed by atoms with van der Waals surface area (Å²) in [5, 5.41) is 9.41. The Bertz CT molecular complexity index is 344. The van der Waals surface area contributed by atoms with Gasteiger partial charge in [0, 0.05) is 12.5 Å². The molecule has 1 aromatic rings. The Balaban J connectivity index is 1.81. The van der Waals surface area contributed by atoms with E-state index in [9.17, 15) is 4.79 Å². The van der Waals surface area contributed by atoms with Gasteiger partial charge in [0.05, 0.1) is 0 Å². The van der Waals surface area contributed by atoms with E-state index in [1.165, 1.54) is 0 Å². The number of rotatable bonds is 3. The van der Waals surface area contributed by atoms with E-state index in [4.69, 9.17) is 4.52 Å². The van der Waals surface area contributed by atoms with Crippen molar-refractivity contribution >= 4 is 11.9 Å². The zero-order valence-corrected chi connectivity index (χ0v) is 8.62. The topological polar surface area (TPSA) is 80.0 Å². The summed E-state index contributed by atoms with van der Waals surface area (Å²) >= 11 is 0. The van der Waals surface area contributed by atoms with Crippen molar-refractivity contribution in [1.82, 2.24) is 15.5 Å². The average Bonchev–Trinajstić information content (AvgIpc) is 2.77. The Hall–Kier alpha value is -1.43. The largest absolute Gasteiger partial charge is 0.328 e. The van der Waals surface area contributed by atoms with Gasteiger partial charge in [-0.1, -0.05) is 5.16 Å². The molecule has 2 heterocycles. The van der Waals surface area contributed by atoms with Crippen LogP contribution in [0.1, 0.15) is 25.1 Å². The fourth-order valence-corrected chi connectivity index (χ4v) is 1.67. The molecule has 1 saturated heterocycles. The van der Waals surface area contributed by atoms with Crippen LogP contribution in [0.3, 0.4) is 0 Å². The lowest BCUT2D eigenvalue weighted by molar-refractivity contribution is -0.116. The summed E-state index contributed by atoms with van der Waals surface area (Å²) in [4.78, 5) is 15.4. The number of aryl methyl sites for hydroxylation is 1. The first-order valence-electron chi connectivity index (χ1n) is 5.07. The van der Waals surface area contributed by atoms with Crippen LogP contribution in [-0.4, -0.2) is 28.6 Å². The fraction of sp³-hybridized carbons (Fsp3) is 0.667. The smallest absolute Gasteiger partial charge is 0.315 e. The van der Waals surface area contributed by atoms with Gasteiger partial charge in [0.15, 0.2) is 5.82 Å². The molecule has 2 rings (SSSR count). The maximum Gasteiger partial charge on any atom is 0.328 e. The minimum atomic E-state index is -0.0851. The van der Waals surface area contributed by atoms with E-state index < -0.39 is 0 Å². The van der Waals surface area contributed by atoms with Gasteiger partial charge in [-0.15, -0.1) is 0 Å². The van der Waals surface area contributed by atoms with E-state index in [0.29, 0.717) is 12.2 Å². The van der Waals surface area contributed by atoms with Gasteiger partial charge in [0.25, 0.3) is 0 Å². The van der Waals surface area contributed by atoms with Gasteiger partial charge in [0.2, 0.25) is 5.91 Å². The molecule has 1 amide bonds. The fourth-order valence-electron chi connectivity index (χ4n) is 1.67. The summed E-state index contributed by atoms with van der Waals surface area (Å²) in [7, 11) is 0. The molecule has 1 unspecified atom stereocenters. The molecule has 0 saturated carbocycles. The second-order valence-electron chi connectivity index (χ2n) is 3.69. The van der Waals surface area contributed by atoms with E-state index >= 15 is 0 Å². The highest BCUT2D eigenvalue weighted by molar-refractivity contribution is 5.88. The first-order chi connectivity index (χ1) is 7.24. The number of hydrogen-bond donors (Lipinski definition) is 2. The molecule has 0 aromatic carbocycles. The maximum atomic E-state index is 11.5. The number of carbonyl (C=O) groups excluding carboxylic acids is 1. The number of nitrogens with one attached hydrogen (secondary N) is 2. The van der Waals surface area contributed by atoms with Gasteiger partial charge >= 0.3 is 6.01 Å². The SMILES string of the molecule is Cc1noc(NC(=O)CC2CCCN2)n1. The van der Waals surface area contributed by atoms with Crippen LogP contribution in [-0.2, 0) is 4.79 Å². The van der Waals surface area contributed by atoms with E-state index in [1.54, 1.807) is 6.92 Å². The van der Waals surface area contributed by atoms with Gasteiger partial charge in [-0.3, -0.25) is 10.1 Å². The summed E-state index contributed by atoms with van der Waals surface area (Å²) in [5.74, 6) is 0.433. The molecule has 0 spiro atoms. The highest BCUT2D eigenvalue weighted by atomic mass is 16.5. The van der Waals surface area contributed by atoms with Gasteiger partial charge in [0.1, 0.15) is 0 Å². The molecule has 1 aromatic heterocycles. The summed E-state index contributed by atoms with van der Waals surface area (Å²) in [6.45, 7) is 2.70. The molecular weight excluding hydrogens is 196 g/mol. The van der Waals surface area contributed by atoms with Crippen LogP contribution in [0.2, 0.25) is 0 Å². The van der Waals surface area contributed by atoms with E-state index in [2.05, 4.69) is 20.8 Å². The molecule has 0 aliphatic carbocycles. The quantitative estimate of drug-likeness (QED) is 0.757. The van der Waals surface area contributed by atoms with Crippen molar-refractivity contribution in [2.45, 2.75) is 32.2 Å². The van der Waals surface area contributed by atoms with Crippen molar-refractivity contribution in [3.63, 3.8) is 0 Å². The summed E-state index contributed by atoms with van der Waals surface area (Å²) < 4.78 is 4.79. The molecule has 2 N–H and O–H groups in total. The second kappa shape index (κ2) is 4.39. The minimum absolute atomic E-state index is 0.0851. The van der Waals surface area contributed by atoms with Crippen LogP contribution in [0.5, 0.6) is 0 Å². The van der Waals surface area contributed by atoms with E-state index in [0.717, 1.165) is 19.4 Å². The third-order valence-corrected chi connectivity index (χ3v) is 2.37. The van der Waals surface area contributed by atoms with Crippen molar-refractivity contribution in [3.8, 4) is 0 Å². The molecule has 1 aliphatic heterocycles. The van der Waals surface area contributed by atoms with Crippen molar-refractivity contribution in [2.24, 2.45) is 0 Å². The monoisotopic (exact) mass is 210 g/mol. The highest BCUT2D eigenvalue weighted by Gasteiger charge is 2.18. The van der Waals surface area contributed by atoms with Crippen LogP contribution in [0.15, 0.2) is 4.52 Å². The standard InChI is InChI=1S/C9H14N4O2/c1-6-11-9(15-13-6)12-8(14)5-7-3-2-4-10-7/h7,10H,2-5H2,1H3,(H,11,12,13,14). The zero-order chi connectivity index (χ0) is 10.7. The van der Waals surface area contributed by atoms with Crippen LogP contribution >= 0.6 is 0 Å². The van der Waals surface area contributed by atoms with E-state index in [-0.39, 0.29) is 18.0 Å². The van der Waals surface area contributed by atoms with Crippen molar-refractivity contribution in [1.29, 1.82) is 0 Å². The summed E-state index contributed by atoms with van der Waals surface area (Å²) in [6.07, 6.45) is 2.65. The Morgan fingerprint density at radius 2 is 2.60 bits per heavy atom. The Morgan fingerprint density at radius 1 is 1.73 bits per heavy atom.